The maximum atomic E-state index is 11.5. The lowest BCUT2D eigenvalue weighted by atomic mass is 9.90. The highest BCUT2D eigenvalue weighted by atomic mass is 31.1. The zero-order chi connectivity index (χ0) is 19.2. The first kappa shape index (κ1) is 20.2. The van der Waals surface area contributed by atoms with Crippen LogP contribution in [0.15, 0.2) is 24.3 Å². The Labute approximate surface area is 140 Å². The van der Waals surface area contributed by atoms with Crippen LogP contribution in [0.2, 0.25) is 0 Å². The summed E-state index contributed by atoms with van der Waals surface area (Å²) in [5.74, 6) is -5.40. The number of nitrogens with zero attached hydrogens (tertiary/aromatic N) is 3. The average Bonchev–Trinajstić information content (AvgIpc) is 2.91. The molecule has 0 bridgehead atoms. The number of para-hydroxylation sites is 1. The van der Waals surface area contributed by atoms with Crippen LogP contribution in [0.5, 0.6) is 0 Å². The minimum absolute atomic E-state index is 0.153. The van der Waals surface area contributed by atoms with Gasteiger partial charge in [0.05, 0.1) is 11.9 Å². The van der Waals surface area contributed by atoms with Crippen LogP contribution in [-0.2, 0) is 18.9 Å². The SMILES string of the molecule is O=C(O)CC(O)(C(=O)O)C(C(=O)O)n1nnc2ccccc21.O=[PH2]O. The van der Waals surface area contributed by atoms with Gasteiger partial charge in [0.15, 0.2) is 14.7 Å². The Morgan fingerprint density at radius 1 is 1.20 bits per heavy atom. The molecule has 0 saturated carbocycles. The van der Waals surface area contributed by atoms with Gasteiger partial charge in [-0.2, -0.15) is 0 Å². The largest absolute Gasteiger partial charge is 0.481 e. The fourth-order valence-corrected chi connectivity index (χ4v) is 2.11. The van der Waals surface area contributed by atoms with Crippen molar-refractivity contribution in [2.45, 2.75) is 18.1 Å². The van der Waals surface area contributed by atoms with Gasteiger partial charge in [-0.1, -0.05) is 17.3 Å². The highest BCUT2D eigenvalue weighted by molar-refractivity contribution is 7.16. The summed E-state index contributed by atoms with van der Waals surface area (Å²) in [7, 11) is -1.50. The zero-order valence-electron chi connectivity index (χ0n) is 12.4. The van der Waals surface area contributed by atoms with Crippen molar-refractivity contribution in [2.75, 3.05) is 0 Å². The summed E-state index contributed by atoms with van der Waals surface area (Å²) in [4.78, 5) is 40.7. The van der Waals surface area contributed by atoms with Crippen molar-refractivity contribution in [3.8, 4) is 0 Å². The standard InChI is InChI=1S/C12H11N3O7.H3O2P/c16-8(17)5-12(22,11(20)21)9(10(18)19)15-7-4-2-1-3-6(7)13-14-15;1-3-2/h1-4,9,22H,5H2,(H,16,17)(H,18,19)(H,20,21);3H2,(H,1,2). The van der Waals surface area contributed by atoms with Crippen molar-refractivity contribution in [3.63, 3.8) is 0 Å². The van der Waals surface area contributed by atoms with Crippen LogP contribution in [-0.4, -0.2) is 63.8 Å². The lowest BCUT2D eigenvalue weighted by molar-refractivity contribution is -0.177. The van der Waals surface area contributed by atoms with Gasteiger partial charge in [0.2, 0.25) is 5.60 Å². The fourth-order valence-electron chi connectivity index (χ4n) is 2.11. The van der Waals surface area contributed by atoms with E-state index >= 15 is 0 Å². The minimum Gasteiger partial charge on any atom is -0.481 e. The summed E-state index contributed by atoms with van der Waals surface area (Å²) in [5.41, 5.74) is -2.66. The van der Waals surface area contributed by atoms with Gasteiger partial charge in [0.1, 0.15) is 5.52 Å². The minimum atomic E-state index is -3.09. The second-order valence-corrected chi connectivity index (χ2v) is 4.88. The Morgan fingerprint density at radius 3 is 2.24 bits per heavy atom. The van der Waals surface area contributed by atoms with Gasteiger partial charge in [-0.05, 0) is 12.1 Å². The third-order valence-corrected chi connectivity index (χ3v) is 3.10. The van der Waals surface area contributed by atoms with E-state index in [-0.39, 0.29) is 11.0 Å². The van der Waals surface area contributed by atoms with E-state index in [2.05, 4.69) is 10.3 Å². The van der Waals surface area contributed by atoms with Crippen molar-refractivity contribution in [2.24, 2.45) is 0 Å². The molecule has 3 atom stereocenters. The Balaban J connectivity index is 0.000000970. The number of aliphatic hydroxyl groups is 1. The molecule has 2 aromatic rings. The summed E-state index contributed by atoms with van der Waals surface area (Å²) in [5, 5.41) is 44.6. The van der Waals surface area contributed by atoms with Crippen LogP contribution >= 0.6 is 8.69 Å². The zero-order valence-corrected chi connectivity index (χ0v) is 13.5. The Kier molecular flexibility index (Phi) is 6.74. The van der Waals surface area contributed by atoms with Crippen molar-refractivity contribution < 1.29 is 44.3 Å². The molecule has 136 valence electrons. The Morgan fingerprint density at radius 2 is 1.76 bits per heavy atom. The van der Waals surface area contributed by atoms with E-state index in [1.54, 1.807) is 6.07 Å². The highest BCUT2D eigenvalue weighted by Crippen LogP contribution is 2.29. The van der Waals surface area contributed by atoms with Gasteiger partial charge in [0.25, 0.3) is 0 Å². The normalized spacial score (nSPS) is 14.5. The molecule has 0 aliphatic rings. The summed E-state index contributed by atoms with van der Waals surface area (Å²) in [6.45, 7) is 0. The summed E-state index contributed by atoms with van der Waals surface area (Å²) in [6, 6.07) is 3.92. The van der Waals surface area contributed by atoms with Crippen molar-refractivity contribution in [3.05, 3.63) is 24.3 Å². The monoisotopic (exact) mass is 375 g/mol. The van der Waals surface area contributed by atoms with Gasteiger partial charge < -0.3 is 25.3 Å². The molecule has 1 heterocycles. The molecule has 0 amide bonds. The van der Waals surface area contributed by atoms with E-state index in [1.807, 2.05) is 0 Å². The number of aliphatic carboxylic acids is 3. The molecule has 25 heavy (non-hydrogen) atoms. The maximum absolute atomic E-state index is 11.5. The quantitative estimate of drug-likeness (QED) is 0.388. The molecule has 0 saturated heterocycles. The van der Waals surface area contributed by atoms with E-state index < -0.39 is 44.7 Å². The van der Waals surface area contributed by atoms with E-state index in [1.165, 1.54) is 18.2 Å². The molecule has 12 nitrogen and oxygen atoms in total. The molecule has 1 aromatic heterocycles. The van der Waals surface area contributed by atoms with Crippen LogP contribution < -0.4 is 0 Å². The van der Waals surface area contributed by atoms with Gasteiger partial charge in [-0.3, -0.25) is 9.36 Å². The summed E-state index contributed by atoms with van der Waals surface area (Å²) < 4.78 is 9.26. The van der Waals surface area contributed by atoms with Crippen molar-refractivity contribution in [1.29, 1.82) is 0 Å². The number of carboxylic acids is 3. The third kappa shape index (κ3) is 4.38. The fraction of sp³-hybridized carbons (Fsp3) is 0.250. The molecule has 0 fully saturated rings. The highest BCUT2D eigenvalue weighted by Gasteiger charge is 2.52. The van der Waals surface area contributed by atoms with E-state index in [0.29, 0.717) is 4.68 Å². The van der Waals surface area contributed by atoms with Crippen molar-refractivity contribution in [1.82, 2.24) is 15.0 Å². The molecule has 0 radical (unpaired) electrons. The second kappa shape index (κ2) is 8.33. The van der Waals surface area contributed by atoms with Gasteiger partial charge in [0, 0.05) is 0 Å². The first-order valence-electron chi connectivity index (χ1n) is 6.47. The number of aromatic nitrogens is 3. The summed E-state index contributed by atoms with van der Waals surface area (Å²) >= 11 is 0. The molecule has 0 aliphatic carbocycles. The number of carboxylic acid groups (broad SMARTS) is 3. The third-order valence-electron chi connectivity index (χ3n) is 3.10. The van der Waals surface area contributed by atoms with Crippen LogP contribution in [0.1, 0.15) is 12.5 Å². The Hall–Kier alpha value is -2.82. The first-order valence-corrected chi connectivity index (χ1v) is 7.46. The Bertz CT molecular complexity index is 808. The average molecular weight is 375 g/mol. The van der Waals surface area contributed by atoms with E-state index in [0.717, 1.165) is 0 Å². The van der Waals surface area contributed by atoms with Crippen LogP contribution in [0.25, 0.3) is 11.0 Å². The molecular formula is C12H14N3O9P. The topological polar surface area (TPSA) is 200 Å². The molecule has 13 heteroatoms. The van der Waals surface area contributed by atoms with E-state index in [9.17, 15) is 24.6 Å². The molecule has 0 aliphatic heterocycles. The predicted molar refractivity (Wildman–Crippen MR) is 81.7 cm³/mol. The summed E-state index contributed by atoms with van der Waals surface area (Å²) in [6.07, 6.45) is -1.31. The first-order chi connectivity index (χ1) is 11.7. The molecule has 5 N–H and O–H groups in total. The molecule has 3 unspecified atom stereocenters. The van der Waals surface area contributed by atoms with E-state index in [4.69, 9.17) is 19.7 Å². The number of fused-ring (bicyclic) bond motifs is 1. The van der Waals surface area contributed by atoms with Gasteiger partial charge in [-0.25, -0.2) is 14.3 Å². The van der Waals surface area contributed by atoms with Gasteiger partial charge >= 0.3 is 17.9 Å². The molecule has 0 spiro atoms. The lowest BCUT2D eigenvalue weighted by Gasteiger charge is -2.28. The molecular weight excluding hydrogens is 361 g/mol. The number of carbonyl (C=O) groups is 3. The van der Waals surface area contributed by atoms with Crippen LogP contribution in [0, 0.1) is 0 Å². The molecule has 2 rings (SSSR count). The predicted octanol–water partition coefficient (Wildman–Crippen LogP) is -1.00. The number of rotatable bonds is 6. The lowest BCUT2D eigenvalue weighted by Crippen LogP contribution is -2.51. The van der Waals surface area contributed by atoms with Crippen LogP contribution in [0.4, 0.5) is 0 Å². The smallest absolute Gasteiger partial charge is 0.339 e. The van der Waals surface area contributed by atoms with Crippen LogP contribution in [0.3, 0.4) is 0 Å². The van der Waals surface area contributed by atoms with Gasteiger partial charge in [-0.15, -0.1) is 5.10 Å². The number of hydrogen-bond donors (Lipinski definition) is 5. The number of benzene rings is 1. The maximum Gasteiger partial charge on any atom is 0.339 e. The second-order valence-electron chi connectivity index (χ2n) is 4.67. The van der Waals surface area contributed by atoms with Crippen molar-refractivity contribution >= 4 is 37.6 Å². The number of hydrogen-bond acceptors (Lipinski definition) is 7. The molecule has 1 aromatic carbocycles.